The van der Waals surface area contributed by atoms with Gasteiger partial charge in [0.2, 0.25) is 0 Å². The molecule has 0 saturated carbocycles. The van der Waals surface area contributed by atoms with Gasteiger partial charge in [0, 0.05) is 12.5 Å². The molecule has 1 saturated heterocycles. The van der Waals surface area contributed by atoms with Crippen LogP contribution in [0.25, 0.3) is 0 Å². The quantitative estimate of drug-likeness (QED) is 0.821. The summed E-state index contributed by atoms with van der Waals surface area (Å²) in [6.07, 6.45) is 0.685. The number of carbonyl (C=O) groups excluding carboxylic acids is 1. The second-order valence-electron chi connectivity index (χ2n) is 4.64. The first-order valence-electron chi connectivity index (χ1n) is 6.44. The van der Waals surface area contributed by atoms with Crippen LogP contribution in [0, 0.1) is 17.2 Å². The summed E-state index contributed by atoms with van der Waals surface area (Å²) in [6.45, 7) is 0.991. The van der Waals surface area contributed by atoms with Crippen molar-refractivity contribution in [1.82, 2.24) is 0 Å². The lowest BCUT2D eigenvalue weighted by atomic mass is 9.88. The molecule has 5 nitrogen and oxygen atoms in total. The van der Waals surface area contributed by atoms with Crippen LogP contribution < -0.4 is 9.47 Å². The van der Waals surface area contributed by atoms with E-state index in [0.717, 1.165) is 0 Å². The van der Waals surface area contributed by atoms with Gasteiger partial charge in [-0.3, -0.25) is 4.79 Å². The van der Waals surface area contributed by atoms with E-state index >= 15 is 0 Å². The Balaban J connectivity index is 2.27. The molecule has 1 heterocycles. The highest BCUT2D eigenvalue weighted by molar-refractivity contribution is 5.90. The van der Waals surface area contributed by atoms with Gasteiger partial charge in [-0.2, -0.15) is 5.26 Å². The molecular weight excluding hydrogens is 258 g/mol. The molecule has 1 aliphatic heterocycles. The third-order valence-electron chi connectivity index (χ3n) is 3.49. The monoisotopic (exact) mass is 275 g/mol. The molecule has 20 heavy (non-hydrogen) atoms. The molecule has 0 spiro atoms. The van der Waals surface area contributed by atoms with Gasteiger partial charge in [0.05, 0.1) is 26.9 Å². The molecule has 0 aromatic heterocycles. The molecule has 0 radical (unpaired) electrons. The van der Waals surface area contributed by atoms with E-state index in [1.807, 2.05) is 0 Å². The zero-order chi connectivity index (χ0) is 14.5. The number of hydrogen-bond donors (Lipinski definition) is 0. The fraction of sp³-hybridized carbons (Fsp3) is 0.467. The molecule has 1 aromatic carbocycles. The highest BCUT2D eigenvalue weighted by Gasteiger charge is 2.31. The Kier molecular flexibility index (Phi) is 4.59. The van der Waals surface area contributed by atoms with Crippen molar-refractivity contribution in [2.75, 3.05) is 27.4 Å². The lowest BCUT2D eigenvalue weighted by Gasteiger charge is -2.15. The van der Waals surface area contributed by atoms with Crippen molar-refractivity contribution < 1.29 is 19.0 Å². The molecule has 2 rings (SSSR count). The largest absolute Gasteiger partial charge is 0.493 e. The third-order valence-corrected chi connectivity index (χ3v) is 3.49. The predicted molar refractivity (Wildman–Crippen MR) is 71.8 cm³/mol. The molecule has 5 heteroatoms. The Morgan fingerprint density at radius 3 is 2.70 bits per heavy atom. The highest BCUT2D eigenvalue weighted by Crippen LogP contribution is 2.32. The third kappa shape index (κ3) is 2.75. The van der Waals surface area contributed by atoms with Crippen molar-refractivity contribution in [3.05, 3.63) is 23.8 Å². The van der Waals surface area contributed by atoms with Gasteiger partial charge in [-0.1, -0.05) is 6.07 Å². The van der Waals surface area contributed by atoms with Crippen LogP contribution in [0.1, 0.15) is 17.9 Å². The van der Waals surface area contributed by atoms with Crippen molar-refractivity contribution in [1.29, 1.82) is 5.26 Å². The number of nitrogens with zero attached hydrogens (tertiary/aromatic N) is 1. The zero-order valence-electron chi connectivity index (χ0n) is 11.6. The molecular formula is C15H17NO4. The molecule has 2 unspecified atom stereocenters. The first-order valence-corrected chi connectivity index (χ1v) is 6.44. The molecule has 0 amide bonds. The lowest BCUT2D eigenvalue weighted by molar-refractivity contribution is -0.123. The van der Waals surface area contributed by atoms with E-state index in [9.17, 15) is 10.1 Å². The van der Waals surface area contributed by atoms with Gasteiger partial charge in [0.25, 0.3) is 0 Å². The topological polar surface area (TPSA) is 68.5 Å². The number of hydrogen-bond acceptors (Lipinski definition) is 5. The van der Waals surface area contributed by atoms with E-state index in [1.54, 1.807) is 25.3 Å². The second kappa shape index (κ2) is 6.40. The Bertz CT molecular complexity index is 529. The van der Waals surface area contributed by atoms with Crippen molar-refractivity contribution in [2.45, 2.75) is 12.3 Å². The van der Waals surface area contributed by atoms with E-state index in [4.69, 9.17) is 14.2 Å². The molecule has 1 fully saturated rings. The number of rotatable bonds is 5. The number of Topliss-reactive ketones (excluding diaryl/α,β-unsaturated/α-hetero) is 1. The second-order valence-corrected chi connectivity index (χ2v) is 4.64. The SMILES string of the molecule is COc1ccc(C(C#N)C(=O)C2CCOC2)cc1OC. The lowest BCUT2D eigenvalue weighted by Crippen LogP contribution is -2.21. The van der Waals surface area contributed by atoms with Crippen LogP contribution in [0.2, 0.25) is 0 Å². The minimum Gasteiger partial charge on any atom is -0.493 e. The summed E-state index contributed by atoms with van der Waals surface area (Å²) >= 11 is 0. The first kappa shape index (κ1) is 14.4. The van der Waals surface area contributed by atoms with Crippen LogP contribution in [0.5, 0.6) is 11.5 Å². The van der Waals surface area contributed by atoms with Gasteiger partial charge in [0.1, 0.15) is 5.92 Å². The predicted octanol–water partition coefficient (Wildman–Crippen LogP) is 1.92. The first-order chi connectivity index (χ1) is 9.71. The standard InChI is InChI=1S/C15H17NO4/c1-18-13-4-3-10(7-14(13)19-2)12(8-16)15(17)11-5-6-20-9-11/h3-4,7,11-12H,5-6,9H2,1-2H3. The van der Waals surface area contributed by atoms with Crippen molar-refractivity contribution in [2.24, 2.45) is 5.92 Å². The van der Waals surface area contributed by atoms with Crippen molar-refractivity contribution in [3.8, 4) is 17.6 Å². The minimum absolute atomic E-state index is 0.0859. The Morgan fingerprint density at radius 2 is 2.15 bits per heavy atom. The average molecular weight is 275 g/mol. The van der Waals surface area contributed by atoms with Gasteiger partial charge in [-0.15, -0.1) is 0 Å². The maximum absolute atomic E-state index is 12.4. The van der Waals surface area contributed by atoms with Crippen molar-refractivity contribution in [3.63, 3.8) is 0 Å². The normalized spacial score (nSPS) is 19.1. The molecule has 0 aliphatic carbocycles. The van der Waals surface area contributed by atoms with Gasteiger partial charge >= 0.3 is 0 Å². The van der Waals surface area contributed by atoms with E-state index in [2.05, 4.69) is 6.07 Å². The fourth-order valence-corrected chi connectivity index (χ4v) is 2.33. The van der Waals surface area contributed by atoms with Crippen LogP contribution in [-0.4, -0.2) is 33.2 Å². The Morgan fingerprint density at radius 1 is 1.40 bits per heavy atom. The Labute approximate surface area is 118 Å². The summed E-state index contributed by atoms with van der Waals surface area (Å²) in [5.74, 6) is 0.0248. The highest BCUT2D eigenvalue weighted by atomic mass is 16.5. The summed E-state index contributed by atoms with van der Waals surface area (Å²) in [6, 6.07) is 7.19. The average Bonchev–Trinajstić information content (AvgIpc) is 3.01. The Hall–Kier alpha value is -2.06. The molecule has 2 atom stereocenters. The summed E-state index contributed by atoms with van der Waals surface area (Å²) in [5, 5.41) is 9.32. The number of benzene rings is 1. The van der Waals surface area contributed by atoms with Crippen LogP contribution in [-0.2, 0) is 9.53 Å². The van der Waals surface area contributed by atoms with E-state index in [1.165, 1.54) is 7.11 Å². The number of methoxy groups -OCH3 is 2. The molecule has 1 aromatic rings. The fourth-order valence-electron chi connectivity index (χ4n) is 2.33. The minimum atomic E-state index is -0.790. The van der Waals surface area contributed by atoms with E-state index in [0.29, 0.717) is 36.7 Å². The van der Waals surface area contributed by atoms with Gasteiger partial charge < -0.3 is 14.2 Å². The van der Waals surface area contributed by atoms with Crippen LogP contribution in [0.4, 0.5) is 0 Å². The number of nitriles is 1. The van der Waals surface area contributed by atoms with Crippen LogP contribution in [0.3, 0.4) is 0 Å². The smallest absolute Gasteiger partial charge is 0.161 e. The summed E-state index contributed by atoms with van der Waals surface area (Å²) < 4.78 is 15.6. The maximum atomic E-state index is 12.4. The maximum Gasteiger partial charge on any atom is 0.161 e. The van der Waals surface area contributed by atoms with Gasteiger partial charge in [-0.25, -0.2) is 0 Å². The van der Waals surface area contributed by atoms with Crippen molar-refractivity contribution >= 4 is 5.78 Å². The number of ketones is 1. The summed E-state index contributed by atoms with van der Waals surface area (Å²) in [4.78, 5) is 12.4. The molecule has 106 valence electrons. The molecule has 1 aliphatic rings. The van der Waals surface area contributed by atoms with Gasteiger partial charge in [-0.05, 0) is 24.1 Å². The number of ether oxygens (including phenoxy) is 3. The van der Waals surface area contributed by atoms with E-state index < -0.39 is 5.92 Å². The molecule has 0 bridgehead atoms. The van der Waals surface area contributed by atoms with Crippen LogP contribution >= 0.6 is 0 Å². The zero-order valence-corrected chi connectivity index (χ0v) is 11.6. The summed E-state index contributed by atoms with van der Waals surface area (Å²) in [5.41, 5.74) is 0.627. The van der Waals surface area contributed by atoms with Crippen LogP contribution in [0.15, 0.2) is 18.2 Å². The summed E-state index contributed by atoms with van der Waals surface area (Å²) in [7, 11) is 3.07. The van der Waals surface area contributed by atoms with E-state index in [-0.39, 0.29) is 11.7 Å². The number of carbonyl (C=O) groups is 1. The van der Waals surface area contributed by atoms with Gasteiger partial charge in [0.15, 0.2) is 17.3 Å². The molecule has 0 N–H and O–H groups in total.